The largest absolute Gasteiger partial charge is 0.480 e. The molecule has 0 aliphatic carbocycles. The summed E-state index contributed by atoms with van der Waals surface area (Å²) in [6, 6.07) is 6.67. The zero-order valence-electron chi connectivity index (χ0n) is 22.3. The number of pyridine rings is 1. The van der Waals surface area contributed by atoms with Gasteiger partial charge in [-0.25, -0.2) is 9.78 Å². The first-order valence-corrected chi connectivity index (χ1v) is 13.3. The van der Waals surface area contributed by atoms with E-state index in [2.05, 4.69) is 4.98 Å². The van der Waals surface area contributed by atoms with Crippen LogP contribution in [-0.4, -0.2) is 63.9 Å². The molecule has 3 heterocycles. The van der Waals surface area contributed by atoms with Gasteiger partial charge in [-0.1, -0.05) is 29.9 Å². The second-order valence-electron chi connectivity index (χ2n) is 10.3. The van der Waals surface area contributed by atoms with Crippen molar-refractivity contribution in [3.8, 4) is 5.88 Å². The molecule has 0 spiro atoms. The fourth-order valence-corrected chi connectivity index (χ4v) is 5.00. The number of hydrogen-bond acceptors (Lipinski definition) is 7. The van der Waals surface area contributed by atoms with Crippen LogP contribution in [0.2, 0.25) is 0 Å². The SMILES string of the molecule is CC(C)=CC(=O)CC[C@@H]1CC(=O)OCCC/C=C/c2ccc3ccnc(c3c2)O[C@@H]2C[C@@H](C(=O)O)N(C2)C1=O. The van der Waals surface area contributed by atoms with Crippen LogP contribution in [0.15, 0.2) is 48.2 Å². The van der Waals surface area contributed by atoms with Crippen molar-refractivity contribution >= 4 is 40.5 Å². The standard InChI is InChI=1S/C30H34N2O7/c1-19(2)14-23(33)10-9-22-16-27(34)38-13-5-3-4-6-20-7-8-21-11-12-31-28(25(21)15-20)39-24-17-26(30(36)37)32(18-24)29(22)35/h4,6-8,11-12,14-15,22,24,26H,3,5,9-10,13,16-18H2,1-2H3,(H,36,37)/b6-4+/t22-,24-,26+/m1/s1. The third-order valence-electron chi connectivity index (χ3n) is 6.90. The second-order valence-corrected chi connectivity index (χ2v) is 10.3. The molecule has 0 unspecified atom stereocenters. The number of carbonyl (C=O) groups is 4. The van der Waals surface area contributed by atoms with Gasteiger partial charge in [0.15, 0.2) is 5.78 Å². The molecule has 0 radical (unpaired) electrons. The van der Waals surface area contributed by atoms with Crippen LogP contribution in [0, 0.1) is 5.92 Å². The van der Waals surface area contributed by atoms with Crippen LogP contribution >= 0.6 is 0 Å². The van der Waals surface area contributed by atoms with Crippen molar-refractivity contribution in [3.63, 3.8) is 0 Å². The number of carboxylic acid groups (broad SMARTS) is 1. The molecule has 2 aromatic rings. The molecule has 1 aromatic carbocycles. The third-order valence-corrected chi connectivity index (χ3v) is 6.90. The van der Waals surface area contributed by atoms with E-state index >= 15 is 0 Å². The maximum Gasteiger partial charge on any atom is 0.326 e. The molecule has 1 N–H and O–H groups in total. The highest BCUT2D eigenvalue weighted by molar-refractivity contribution is 5.92. The zero-order valence-corrected chi connectivity index (χ0v) is 22.3. The highest BCUT2D eigenvalue weighted by atomic mass is 16.5. The van der Waals surface area contributed by atoms with Gasteiger partial charge in [-0.2, -0.15) is 0 Å². The lowest BCUT2D eigenvalue weighted by atomic mass is 9.95. The molecule has 3 atom stereocenters. The predicted molar refractivity (Wildman–Crippen MR) is 145 cm³/mol. The quantitative estimate of drug-likeness (QED) is 0.444. The van der Waals surface area contributed by atoms with Crippen molar-refractivity contribution in [1.82, 2.24) is 9.88 Å². The van der Waals surface area contributed by atoms with Gasteiger partial charge in [0.1, 0.15) is 12.1 Å². The van der Waals surface area contributed by atoms with Crippen LogP contribution in [0.4, 0.5) is 0 Å². The van der Waals surface area contributed by atoms with Gasteiger partial charge in [-0.05, 0) is 62.3 Å². The van der Waals surface area contributed by atoms with Crippen LogP contribution in [0.25, 0.3) is 16.8 Å². The lowest BCUT2D eigenvalue weighted by Crippen LogP contribution is -2.44. The van der Waals surface area contributed by atoms with E-state index in [1.807, 2.05) is 36.4 Å². The Morgan fingerprint density at radius 2 is 2.03 bits per heavy atom. The second kappa shape index (κ2) is 12.7. The van der Waals surface area contributed by atoms with Gasteiger partial charge in [0.25, 0.3) is 0 Å². The third kappa shape index (κ3) is 7.31. The number of ketones is 1. The average Bonchev–Trinajstić information content (AvgIpc) is 3.31. The summed E-state index contributed by atoms with van der Waals surface area (Å²) >= 11 is 0. The lowest BCUT2D eigenvalue weighted by molar-refractivity contribution is -0.153. The molecule has 9 nitrogen and oxygen atoms in total. The highest BCUT2D eigenvalue weighted by Gasteiger charge is 2.43. The highest BCUT2D eigenvalue weighted by Crippen LogP contribution is 2.31. The van der Waals surface area contributed by atoms with Crippen molar-refractivity contribution in [2.75, 3.05) is 13.2 Å². The average molecular weight is 535 g/mol. The fraction of sp³-hybridized carbons (Fsp3) is 0.433. The number of allylic oxidation sites excluding steroid dienone is 3. The molecule has 4 bridgehead atoms. The van der Waals surface area contributed by atoms with Crippen LogP contribution in [0.5, 0.6) is 5.88 Å². The van der Waals surface area contributed by atoms with Crippen molar-refractivity contribution in [3.05, 3.63) is 53.8 Å². The number of carboxylic acids is 1. The van der Waals surface area contributed by atoms with Crippen LogP contribution in [0.3, 0.4) is 0 Å². The number of carbonyl (C=O) groups excluding carboxylic acids is 3. The van der Waals surface area contributed by atoms with Crippen molar-refractivity contribution < 1.29 is 33.8 Å². The normalized spacial score (nSPS) is 22.9. The number of rotatable bonds is 5. The first-order chi connectivity index (χ1) is 18.7. The maximum absolute atomic E-state index is 13.7. The summed E-state index contributed by atoms with van der Waals surface area (Å²) in [6.07, 6.45) is 7.84. The molecule has 39 heavy (non-hydrogen) atoms. The van der Waals surface area contributed by atoms with Gasteiger partial charge >= 0.3 is 11.9 Å². The van der Waals surface area contributed by atoms with Crippen molar-refractivity contribution in [1.29, 1.82) is 0 Å². The first-order valence-electron chi connectivity index (χ1n) is 13.3. The minimum atomic E-state index is -1.15. The first kappa shape index (κ1) is 28.0. The number of aromatic nitrogens is 1. The van der Waals surface area contributed by atoms with E-state index in [-0.39, 0.29) is 44.6 Å². The zero-order chi connectivity index (χ0) is 27.9. The topological polar surface area (TPSA) is 123 Å². The van der Waals surface area contributed by atoms with Gasteiger partial charge in [0.2, 0.25) is 11.8 Å². The maximum atomic E-state index is 13.7. The molecule has 206 valence electrons. The summed E-state index contributed by atoms with van der Waals surface area (Å²) in [6.45, 7) is 3.84. The van der Waals surface area contributed by atoms with E-state index in [0.29, 0.717) is 18.7 Å². The molecule has 2 aliphatic rings. The Bertz CT molecular complexity index is 1310. The molecular formula is C30H34N2O7. The number of hydrogen-bond donors (Lipinski definition) is 1. The summed E-state index contributed by atoms with van der Waals surface area (Å²) in [5.74, 6) is -2.85. The van der Waals surface area contributed by atoms with E-state index < -0.39 is 35.9 Å². The Hall–Kier alpha value is -4.01. The van der Waals surface area contributed by atoms with Crippen LogP contribution < -0.4 is 4.74 Å². The number of esters is 1. The lowest BCUT2D eigenvalue weighted by Gasteiger charge is -2.26. The minimum Gasteiger partial charge on any atom is -0.480 e. The number of cyclic esters (lactones) is 1. The summed E-state index contributed by atoms with van der Waals surface area (Å²) in [7, 11) is 0. The van der Waals surface area contributed by atoms with Crippen molar-refractivity contribution in [2.24, 2.45) is 5.92 Å². The smallest absolute Gasteiger partial charge is 0.326 e. The van der Waals surface area contributed by atoms with E-state index in [9.17, 15) is 24.3 Å². The molecule has 2 aliphatic heterocycles. The van der Waals surface area contributed by atoms with Crippen LogP contribution in [-0.2, 0) is 23.9 Å². The number of fused-ring (bicyclic) bond motifs is 3. The summed E-state index contributed by atoms with van der Waals surface area (Å²) in [5, 5.41) is 11.7. The number of benzene rings is 1. The molecule has 1 amide bonds. The molecule has 1 fully saturated rings. The fourth-order valence-electron chi connectivity index (χ4n) is 5.00. The van der Waals surface area contributed by atoms with Gasteiger partial charge < -0.3 is 19.5 Å². The van der Waals surface area contributed by atoms with Gasteiger partial charge in [-0.3, -0.25) is 14.4 Å². The summed E-state index contributed by atoms with van der Waals surface area (Å²) < 4.78 is 11.6. The van der Waals surface area contributed by atoms with Crippen LogP contribution in [0.1, 0.15) is 57.9 Å². The van der Waals surface area contributed by atoms with E-state index in [0.717, 1.165) is 21.9 Å². The molecule has 4 rings (SSSR count). The minimum absolute atomic E-state index is 0.0287. The van der Waals surface area contributed by atoms with Gasteiger partial charge in [0, 0.05) is 30.3 Å². The van der Waals surface area contributed by atoms with E-state index in [1.54, 1.807) is 20.0 Å². The monoisotopic (exact) mass is 534 g/mol. The summed E-state index contributed by atoms with van der Waals surface area (Å²) in [5.41, 5.74) is 1.79. The van der Waals surface area contributed by atoms with Gasteiger partial charge in [-0.15, -0.1) is 0 Å². The Morgan fingerprint density at radius 3 is 2.79 bits per heavy atom. The Balaban J connectivity index is 1.64. The Kier molecular flexibility index (Phi) is 9.11. The van der Waals surface area contributed by atoms with E-state index in [4.69, 9.17) is 9.47 Å². The van der Waals surface area contributed by atoms with E-state index in [1.165, 1.54) is 11.0 Å². The molecular weight excluding hydrogens is 500 g/mol. The molecule has 1 aromatic heterocycles. The summed E-state index contributed by atoms with van der Waals surface area (Å²) in [4.78, 5) is 56.5. The van der Waals surface area contributed by atoms with Gasteiger partial charge in [0.05, 0.1) is 19.6 Å². The predicted octanol–water partition coefficient (Wildman–Crippen LogP) is 4.34. The number of amides is 1. The molecule has 1 saturated heterocycles. The Morgan fingerprint density at radius 1 is 1.21 bits per heavy atom. The molecule has 9 heteroatoms. The Labute approximate surface area is 227 Å². The number of aliphatic carboxylic acids is 1. The number of nitrogens with zero attached hydrogens (tertiary/aromatic N) is 2. The molecule has 0 saturated carbocycles. The van der Waals surface area contributed by atoms with Crippen molar-refractivity contribution in [2.45, 2.75) is 64.5 Å². The number of ether oxygens (including phenoxy) is 2.